The number of fused-ring (bicyclic) bond motifs is 1. The second-order valence-corrected chi connectivity index (χ2v) is 6.73. The van der Waals surface area contributed by atoms with E-state index in [0.29, 0.717) is 28.5 Å². The zero-order chi connectivity index (χ0) is 19.0. The van der Waals surface area contributed by atoms with Gasteiger partial charge in [0.2, 0.25) is 0 Å². The van der Waals surface area contributed by atoms with Crippen molar-refractivity contribution in [1.29, 1.82) is 0 Å². The Bertz CT molecular complexity index is 1020. The maximum absolute atomic E-state index is 12.5. The first kappa shape index (κ1) is 17.2. The Hall–Kier alpha value is -3.21. The van der Waals surface area contributed by atoms with Crippen molar-refractivity contribution in [3.05, 3.63) is 29.0 Å². The normalized spacial score (nSPS) is 13.4. The Labute approximate surface area is 158 Å². The summed E-state index contributed by atoms with van der Waals surface area (Å²) < 4.78 is 5.60. The lowest BCUT2D eigenvalue weighted by atomic mass is 10.3. The lowest BCUT2D eigenvalue weighted by Crippen LogP contribution is -2.27. The summed E-state index contributed by atoms with van der Waals surface area (Å²) in [6.45, 7) is 0. The minimum Gasteiger partial charge on any atom is -0.385 e. The van der Waals surface area contributed by atoms with Crippen LogP contribution in [0.5, 0.6) is 0 Å². The number of anilines is 3. The number of carbonyl (C=O) groups excluding carboxylic acids is 2. The minimum atomic E-state index is -0.291. The van der Waals surface area contributed by atoms with Gasteiger partial charge in [-0.2, -0.15) is 4.37 Å². The topological polar surface area (TPSA) is 125 Å². The van der Waals surface area contributed by atoms with Gasteiger partial charge in [0.05, 0.1) is 17.6 Å². The van der Waals surface area contributed by atoms with Crippen LogP contribution in [-0.4, -0.2) is 50.9 Å². The van der Waals surface area contributed by atoms with Gasteiger partial charge in [-0.3, -0.25) is 9.59 Å². The summed E-state index contributed by atoms with van der Waals surface area (Å²) in [5, 5.41) is 17.9. The second-order valence-electron chi connectivity index (χ2n) is 6.10. The van der Waals surface area contributed by atoms with E-state index in [-0.39, 0.29) is 23.6 Å². The number of hydrogen-bond donors (Lipinski definition) is 4. The van der Waals surface area contributed by atoms with Crippen molar-refractivity contribution in [2.24, 2.45) is 0 Å². The van der Waals surface area contributed by atoms with E-state index < -0.39 is 0 Å². The van der Waals surface area contributed by atoms with Crippen LogP contribution in [0.1, 0.15) is 33.8 Å². The number of amides is 2. The van der Waals surface area contributed by atoms with Gasteiger partial charge in [0.25, 0.3) is 11.8 Å². The number of carbonyl (C=O) groups is 2. The molecule has 2 amide bonds. The van der Waals surface area contributed by atoms with Crippen molar-refractivity contribution in [2.75, 3.05) is 24.7 Å². The summed E-state index contributed by atoms with van der Waals surface area (Å²) in [5.41, 5.74) is 2.42. The summed E-state index contributed by atoms with van der Waals surface area (Å²) in [7, 11) is 3.31. The smallest absolute Gasteiger partial charge is 0.272 e. The average molecular weight is 386 g/mol. The summed E-state index contributed by atoms with van der Waals surface area (Å²) in [4.78, 5) is 28.7. The SMILES string of the molecule is CNC(=O)c1nscc1Nc1cc(NC)c2ncc(C(=O)NC3CC3)n2n1. The van der Waals surface area contributed by atoms with Crippen LogP contribution in [0, 0.1) is 0 Å². The summed E-state index contributed by atoms with van der Waals surface area (Å²) in [6, 6.07) is 2.00. The highest BCUT2D eigenvalue weighted by Crippen LogP contribution is 2.26. The van der Waals surface area contributed by atoms with Gasteiger partial charge in [0.15, 0.2) is 22.9 Å². The molecule has 0 spiro atoms. The molecule has 3 aromatic heterocycles. The molecule has 0 bridgehead atoms. The first-order valence-corrected chi connectivity index (χ1v) is 9.25. The van der Waals surface area contributed by atoms with Gasteiger partial charge in [-0.05, 0) is 24.4 Å². The largest absolute Gasteiger partial charge is 0.385 e. The molecule has 0 unspecified atom stereocenters. The number of imidazole rings is 1. The van der Waals surface area contributed by atoms with Crippen LogP contribution in [0.2, 0.25) is 0 Å². The number of rotatable bonds is 6. The van der Waals surface area contributed by atoms with E-state index >= 15 is 0 Å². The predicted octanol–water partition coefficient (Wildman–Crippen LogP) is 1.22. The number of aromatic nitrogens is 4. The molecule has 0 aromatic carbocycles. The third kappa shape index (κ3) is 3.28. The molecule has 0 saturated heterocycles. The minimum absolute atomic E-state index is 0.208. The number of nitrogens with one attached hydrogen (secondary N) is 4. The molecule has 1 saturated carbocycles. The Morgan fingerprint density at radius 1 is 1.22 bits per heavy atom. The van der Waals surface area contributed by atoms with E-state index in [0.717, 1.165) is 12.8 Å². The van der Waals surface area contributed by atoms with Crippen molar-refractivity contribution < 1.29 is 9.59 Å². The molecule has 3 heterocycles. The van der Waals surface area contributed by atoms with E-state index in [4.69, 9.17) is 0 Å². The molecule has 27 heavy (non-hydrogen) atoms. The van der Waals surface area contributed by atoms with Crippen molar-refractivity contribution in [1.82, 2.24) is 29.6 Å². The monoisotopic (exact) mass is 386 g/mol. The third-order valence-corrected chi connectivity index (χ3v) is 4.79. The Morgan fingerprint density at radius 3 is 2.74 bits per heavy atom. The van der Waals surface area contributed by atoms with Gasteiger partial charge >= 0.3 is 0 Å². The van der Waals surface area contributed by atoms with Crippen LogP contribution >= 0.6 is 11.5 Å². The standard InChI is InChI=1S/C16H18N8O2S/c1-17-9-5-12(21-10-7-27-23-13(10)16(26)18-2)22-24-11(6-19-14(9)24)15(25)20-8-3-4-8/h5-8,17H,3-4H2,1-2H3,(H,18,26)(H,20,25)(H,21,22). The molecule has 1 aliphatic carbocycles. The molecule has 1 fully saturated rings. The zero-order valence-electron chi connectivity index (χ0n) is 14.7. The molecule has 4 N–H and O–H groups in total. The third-order valence-electron chi connectivity index (χ3n) is 4.16. The molecular weight excluding hydrogens is 368 g/mol. The lowest BCUT2D eigenvalue weighted by molar-refractivity contribution is 0.0940. The molecule has 11 heteroatoms. The molecule has 0 atom stereocenters. The first-order chi connectivity index (χ1) is 13.1. The molecule has 4 rings (SSSR count). The van der Waals surface area contributed by atoms with Gasteiger partial charge in [0.1, 0.15) is 0 Å². The molecule has 10 nitrogen and oxygen atoms in total. The fourth-order valence-corrected chi connectivity index (χ4v) is 3.22. The zero-order valence-corrected chi connectivity index (χ0v) is 15.6. The highest BCUT2D eigenvalue weighted by molar-refractivity contribution is 7.04. The first-order valence-electron chi connectivity index (χ1n) is 8.41. The second kappa shape index (κ2) is 6.83. The van der Waals surface area contributed by atoms with Crippen molar-refractivity contribution in [2.45, 2.75) is 18.9 Å². The molecule has 1 aliphatic rings. The van der Waals surface area contributed by atoms with E-state index in [1.807, 2.05) is 0 Å². The Kier molecular flexibility index (Phi) is 4.36. The van der Waals surface area contributed by atoms with Gasteiger partial charge < -0.3 is 21.3 Å². The fourth-order valence-electron chi connectivity index (χ4n) is 2.60. The van der Waals surface area contributed by atoms with E-state index in [1.54, 1.807) is 25.5 Å². The van der Waals surface area contributed by atoms with E-state index in [9.17, 15) is 9.59 Å². The van der Waals surface area contributed by atoms with Crippen LogP contribution in [-0.2, 0) is 0 Å². The number of nitrogens with zero attached hydrogens (tertiary/aromatic N) is 4. The van der Waals surface area contributed by atoms with Crippen molar-refractivity contribution >= 4 is 46.2 Å². The van der Waals surface area contributed by atoms with Crippen LogP contribution in [0.4, 0.5) is 17.2 Å². The van der Waals surface area contributed by atoms with Gasteiger partial charge in [-0.15, -0.1) is 5.10 Å². The fraction of sp³-hybridized carbons (Fsp3) is 0.312. The molecule has 140 valence electrons. The lowest BCUT2D eigenvalue weighted by Gasteiger charge is -2.10. The molecular formula is C16H18N8O2S. The van der Waals surface area contributed by atoms with Gasteiger partial charge in [0, 0.05) is 31.6 Å². The van der Waals surface area contributed by atoms with Crippen molar-refractivity contribution in [3.8, 4) is 0 Å². The summed E-state index contributed by atoms with van der Waals surface area (Å²) >= 11 is 1.17. The summed E-state index contributed by atoms with van der Waals surface area (Å²) in [5.74, 6) is -0.0450. The molecule has 0 radical (unpaired) electrons. The maximum atomic E-state index is 12.5. The predicted molar refractivity (Wildman–Crippen MR) is 102 cm³/mol. The average Bonchev–Trinajstić information content (AvgIpc) is 3.19. The van der Waals surface area contributed by atoms with Gasteiger partial charge in [-0.1, -0.05) is 0 Å². The highest BCUT2D eigenvalue weighted by atomic mass is 32.1. The maximum Gasteiger partial charge on any atom is 0.272 e. The molecule has 0 aliphatic heterocycles. The van der Waals surface area contributed by atoms with Crippen LogP contribution in [0.3, 0.4) is 0 Å². The van der Waals surface area contributed by atoms with Crippen LogP contribution < -0.4 is 21.3 Å². The van der Waals surface area contributed by atoms with Crippen LogP contribution in [0.25, 0.3) is 5.65 Å². The number of hydrogen-bond acceptors (Lipinski definition) is 8. The summed E-state index contributed by atoms with van der Waals surface area (Å²) in [6.07, 6.45) is 3.50. The Morgan fingerprint density at radius 2 is 2.04 bits per heavy atom. The quantitative estimate of drug-likeness (QED) is 0.502. The molecule has 3 aromatic rings. The van der Waals surface area contributed by atoms with Crippen LogP contribution in [0.15, 0.2) is 17.6 Å². The van der Waals surface area contributed by atoms with E-state index in [1.165, 1.54) is 22.2 Å². The Balaban J connectivity index is 1.72. The van der Waals surface area contributed by atoms with Gasteiger partial charge in [-0.25, -0.2) is 9.50 Å². The van der Waals surface area contributed by atoms with Crippen molar-refractivity contribution in [3.63, 3.8) is 0 Å². The van der Waals surface area contributed by atoms with E-state index in [2.05, 4.69) is 35.7 Å². The highest BCUT2D eigenvalue weighted by Gasteiger charge is 2.26.